The third-order valence-corrected chi connectivity index (χ3v) is 4.49. The van der Waals surface area contributed by atoms with Gasteiger partial charge < -0.3 is 10.1 Å². The van der Waals surface area contributed by atoms with Crippen molar-refractivity contribution in [3.63, 3.8) is 0 Å². The van der Waals surface area contributed by atoms with E-state index in [2.05, 4.69) is 16.5 Å². The Balaban J connectivity index is 1.44. The normalized spacial score (nSPS) is 26.2. The lowest BCUT2D eigenvalue weighted by molar-refractivity contribution is -0.135. The lowest BCUT2D eigenvalue weighted by Gasteiger charge is -2.47. The molecule has 1 saturated carbocycles. The fourth-order valence-electron chi connectivity index (χ4n) is 3.17. The van der Waals surface area contributed by atoms with E-state index in [-0.39, 0.29) is 5.60 Å². The molecule has 1 unspecified atom stereocenters. The summed E-state index contributed by atoms with van der Waals surface area (Å²) in [6, 6.07) is 2.74. The maximum atomic E-state index is 5.95. The van der Waals surface area contributed by atoms with Crippen molar-refractivity contribution in [1.82, 2.24) is 15.1 Å². The molecule has 1 atom stereocenters. The van der Waals surface area contributed by atoms with Crippen LogP contribution in [-0.2, 0) is 18.2 Å². The second-order valence-electron chi connectivity index (χ2n) is 5.73. The lowest BCUT2D eigenvalue weighted by Crippen LogP contribution is -2.51. The number of ether oxygens (including phenoxy) is 1. The summed E-state index contributed by atoms with van der Waals surface area (Å²) < 4.78 is 7.91. The fraction of sp³-hybridized carbons (Fsp3) is 0.786. The maximum absolute atomic E-state index is 5.95. The van der Waals surface area contributed by atoms with Crippen molar-refractivity contribution in [1.29, 1.82) is 0 Å². The van der Waals surface area contributed by atoms with Crippen LogP contribution in [0.15, 0.2) is 12.3 Å². The molecule has 18 heavy (non-hydrogen) atoms. The highest BCUT2D eigenvalue weighted by Gasteiger charge is 2.42. The number of nitrogens with zero attached hydrogens (tertiary/aromatic N) is 2. The Kier molecular flexibility index (Phi) is 3.39. The van der Waals surface area contributed by atoms with E-state index in [1.807, 2.05) is 17.9 Å². The highest BCUT2D eigenvalue weighted by atomic mass is 16.5. The largest absolute Gasteiger partial charge is 0.375 e. The van der Waals surface area contributed by atoms with Gasteiger partial charge in [0.2, 0.25) is 0 Å². The number of rotatable bonds is 4. The first-order valence-corrected chi connectivity index (χ1v) is 7.12. The summed E-state index contributed by atoms with van der Waals surface area (Å²) in [6.45, 7) is 1.98. The van der Waals surface area contributed by atoms with Crippen LogP contribution >= 0.6 is 0 Å². The van der Waals surface area contributed by atoms with Crippen molar-refractivity contribution in [3.8, 4) is 0 Å². The molecule has 0 amide bonds. The minimum atomic E-state index is 0.252. The standard InChI is InChI=1S/C14H23N3O/c1-17-13(4-9-16-17)3-8-15-12-5-10-18-14(11-12)6-2-7-14/h4,9,12,15H,2-3,5-8,10-11H2,1H3. The predicted molar refractivity (Wildman–Crippen MR) is 70.5 cm³/mol. The molecule has 2 aliphatic rings. The van der Waals surface area contributed by atoms with E-state index in [1.54, 1.807) is 0 Å². The molecule has 4 heteroatoms. The molecule has 2 heterocycles. The van der Waals surface area contributed by atoms with Crippen LogP contribution in [0.3, 0.4) is 0 Å². The molecular weight excluding hydrogens is 226 g/mol. The van der Waals surface area contributed by atoms with Crippen molar-refractivity contribution in [2.45, 2.75) is 50.2 Å². The van der Waals surface area contributed by atoms with Gasteiger partial charge in [-0.15, -0.1) is 0 Å². The first-order valence-electron chi connectivity index (χ1n) is 7.12. The molecule has 1 aliphatic carbocycles. The highest BCUT2D eigenvalue weighted by Crippen LogP contribution is 2.42. The second kappa shape index (κ2) is 5.02. The summed E-state index contributed by atoms with van der Waals surface area (Å²) >= 11 is 0. The van der Waals surface area contributed by atoms with Gasteiger partial charge >= 0.3 is 0 Å². The van der Waals surface area contributed by atoms with Crippen LogP contribution in [0, 0.1) is 0 Å². The van der Waals surface area contributed by atoms with Crippen molar-refractivity contribution >= 4 is 0 Å². The minimum absolute atomic E-state index is 0.252. The Morgan fingerprint density at radius 3 is 3.11 bits per heavy atom. The number of nitrogens with one attached hydrogen (secondary N) is 1. The Bertz CT molecular complexity index is 397. The van der Waals surface area contributed by atoms with E-state index in [0.717, 1.165) is 26.0 Å². The minimum Gasteiger partial charge on any atom is -0.375 e. The molecule has 0 bridgehead atoms. The van der Waals surface area contributed by atoms with Gasteiger partial charge in [-0.2, -0.15) is 5.10 Å². The molecule has 1 aromatic rings. The summed E-state index contributed by atoms with van der Waals surface area (Å²) in [4.78, 5) is 0. The molecule has 2 fully saturated rings. The SMILES string of the molecule is Cn1nccc1CCNC1CCOC2(CCC2)C1. The molecule has 0 radical (unpaired) electrons. The van der Waals surface area contributed by atoms with Gasteiger partial charge in [0.15, 0.2) is 0 Å². The maximum Gasteiger partial charge on any atom is 0.0697 e. The van der Waals surface area contributed by atoms with Gasteiger partial charge in [0.25, 0.3) is 0 Å². The van der Waals surface area contributed by atoms with Gasteiger partial charge in [0, 0.05) is 44.6 Å². The molecule has 1 aromatic heterocycles. The molecule has 100 valence electrons. The zero-order valence-electron chi connectivity index (χ0n) is 11.2. The Hall–Kier alpha value is -0.870. The summed E-state index contributed by atoms with van der Waals surface area (Å²) in [5, 5.41) is 7.89. The number of hydrogen-bond acceptors (Lipinski definition) is 3. The Morgan fingerprint density at radius 2 is 2.44 bits per heavy atom. The summed E-state index contributed by atoms with van der Waals surface area (Å²) in [5.74, 6) is 0. The van der Waals surface area contributed by atoms with Crippen molar-refractivity contribution < 1.29 is 4.74 Å². The van der Waals surface area contributed by atoms with Gasteiger partial charge in [-0.05, 0) is 38.2 Å². The number of hydrogen-bond donors (Lipinski definition) is 1. The first-order chi connectivity index (χ1) is 8.77. The van der Waals surface area contributed by atoms with E-state index in [0.29, 0.717) is 6.04 Å². The van der Waals surface area contributed by atoms with E-state index < -0.39 is 0 Å². The summed E-state index contributed by atoms with van der Waals surface area (Å²) in [7, 11) is 2.01. The van der Waals surface area contributed by atoms with Crippen LogP contribution in [-0.4, -0.2) is 34.6 Å². The topological polar surface area (TPSA) is 39.1 Å². The van der Waals surface area contributed by atoms with E-state index in [1.165, 1.54) is 31.4 Å². The Morgan fingerprint density at radius 1 is 1.56 bits per heavy atom. The molecule has 0 aromatic carbocycles. The molecule has 1 aliphatic heterocycles. The highest BCUT2D eigenvalue weighted by molar-refractivity contribution is 5.01. The van der Waals surface area contributed by atoms with Crippen LogP contribution < -0.4 is 5.32 Å². The molecule has 1 spiro atoms. The quantitative estimate of drug-likeness (QED) is 0.882. The van der Waals surface area contributed by atoms with Gasteiger partial charge in [0.05, 0.1) is 5.60 Å². The van der Waals surface area contributed by atoms with E-state index in [4.69, 9.17) is 4.74 Å². The summed E-state index contributed by atoms with van der Waals surface area (Å²) in [5.41, 5.74) is 1.55. The molecule has 3 rings (SSSR count). The van der Waals surface area contributed by atoms with Crippen LogP contribution in [0.4, 0.5) is 0 Å². The van der Waals surface area contributed by atoms with Crippen molar-refractivity contribution in [2.24, 2.45) is 7.05 Å². The molecule has 4 nitrogen and oxygen atoms in total. The first kappa shape index (κ1) is 12.2. The van der Waals surface area contributed by atoms with Crippen LogP contribution in [0.25, 0.3) is 0 Å². The predicted octanol–water partition coefficient (Wildman–Crippen LogP) is 1.65. The monoisotopic (exact) mass is 249 g/mol. The lowest BCUT2D eigenvalue weighted by atomic mass is 9.74. The number of aromatic nitrogens is 2. The molecule has 1 saturated heterocycles. The summed E-state index contributed by atoms with van der Waals surface area (Å²) in [6.07, 6.45) is 9.18. The fourth-order valence-corrected chi connectivity index (χ4v) is 3.17. The average Bonchev–Trinajstić information content (AvgIpc) is 2.74. The van der Waals surface area contributed by atoms with Gasteiger partial charge in [-0.3, -0.25) is 4.68 Å². The smallest absolute Gasteiger partial charge is 0.0697 e. The van der Waals surface area contributed by atoms with Gasteiger partial charge in [-0.25, -0.2) is 0 Å². The Labute approximate surface area is 109 Å². The third-order valence-electron chi connectivity index (χ3n) is 4.49. The third kappa shape index (κ3) is 2.45. The van der Waals surface area contributed by atoms with Crippen LogP contribution in [0.5, 0.6) is 0 Å². The van der Waals surface area contributed by atoms with Gasteiger partial charge in [0.1, 0.15) is 0 Å². The van der Waals surface area contributed by atoms with Gasteiger partial charge in [-0.1, -0.05) is 0 Å². The zero-order chi connectivity index (χ0) is 12.4. The number of aryl methyl sites for hydroxylation is 1. The van der Waals surface area contributed by atoms with E-state index in [9.17, 15) is 0 Å². The average molecular weight is 249 g/mol. The van der Waals surface area contributed by atoms with Crippen molar-refractivity contribution in [2.75, 3.05) is 13.2 Å². The second-order valence-corrected chi connectivity index (χ2v) is 5.73. The van der Waals surface area contributed by atoms with E-state index >= 15 is 0 Å². The molecular formula is C14H23N3O. The van der Waals surface area contributed by atoms with Crippen molar-refractivity contribution in [3.05, 3.63) is 18.0 Å². The van der Waals surface area contributed by atoms with Crippen LogP contribution in [0.1, 0.15) is 37.8 Å². The van der Waals surface area contributed by atoms with Crippen LogP contribution in [0.2, 0.25) is 0 Å². The zero-order valence-corrected chi connectivity index (χ0v) is 11.2. The molecule has 1 N–H and O–H groups in total.